The summed E-state index contributed by atoms with van der Waals surface area (Å²) in [5.74, 6) is 2.00. The molecule has 57 heavy (non-hydrogen) atoms. The second-order valence-electron chi connectivity index (χ2n) is 14.4. The first-order valence-corrected chi connectivity index (χ1v) is 20.2. The van der Waals surface area contributed by atoms with Crippen molar-refractivity contribution in [2.45, 2.75) is 26.7 Å². The Morgan fingerprint density at radius 2 is 0.719 bits per heavy atom. The molecule has 0 aliphatic carbocycles. The van der Waals surface area contributed by atoms with Crippen LogP contribution in [0.15, 0.2) is 164 Å². The van der Waals surface area contributed by atoms with Crippen molar-refractivity contribution in [3.05, 3.63) is 197 Å². The third kappa shape index (κ3) is 11.3. The molecule has 1 N–H and O–H groups in total. The van der Waals surface area contributed by atoms with E-state index in [0.717, 1.165) is 67.2 Å². The molecule has 6 rings (SSSR count). The van der Waals surface area contributed by atoms with Crippen LogP contribution < -0.4 is 9.47 Å². The molecule has 6 aromatic rings. The second kappa shape index (κ2) is 20.9. The maximum absolute atomic E-state index is 9.96. The van der Waals surface area contributed by atoms with Crippen molar-refractivity contribution in [3.8, 4) is 17.2 Å². The van der Waals surface area contributed by atoms with Gasteiger partial charge in [-0.3, -0.25) is 0 Å². The van der Waals surface area contributed by atoms with Crippen molar-refractivity contribution >= 4 is 22.3 Å². The molecule has 0 aliphatic heterocycles. The van der Waals surface area contributed by atoms with Gasteiger partial charge in [0.15, 0.2) is 0 Å². The summed E-state index contributed by atoms with van der Waals surface area (Å²) in [6, 6.07) is 56.3. The van der Waals surface area contributed by atoms with Crippen molar-refractivity contribution in [2.24, 2.45) is 0 Å². The summed E-state index contributed by atoms with van der Waals surface area (Å²) in [6.45, 7) is 9.19. The molecule has 0 saturated carbocycles. The normalized spacial score (nSPS) is 12.3. The Balaban J connectivity index is 0.970. The molecule has 0 spiro atoms. The first-order chi connectivity index (χ1) is 27.9. The van der Waals surface area contributed by atoms with E-state index in [1.165, 1.54) is 39.0 Å². The van der Waals surface area contributed by atoms with E-state index in [9.17, 15) is 5.11 Å². The molecule has 0 bridgehead atoms. The molecule has 0 heterocycles. The smallest absolute Gasteiger partial charge is 0.119 e. The van der Waals surface area contributed by atoms with Crippen LogP contribution in [0, 0.1) is 0 Å². The molecular weight excluding hydrogens is 701 g/mol. The van der Waals surface area contributed by atoms with Gasteiger partial charge in [0.05, 0.1) is 0 Å². The summed E-state index contributed by atoms with van der Waals surface area (Å²) in [6.07, 6.45) is 1.82. The number of phenols is 1. The van der Waals surface area contributed by atoms with Gasteiger partial charge in [-0.25, -0.2) is 0 Å². The van der Waals surface area contributed by atoms with Crippen molar-refractivity contribution in [3.63, 3.8) is 0 Å². The van der Waals surface area contributed by atoms with E-state index in [0.29, 0.717) is 13.2 Å². The van der Waals surface area contributed by atoms with Crippen molar-refractivity contribution in [2.75, 3.05) is 53.5 Å². The van der Waals surface area contributed by atoms with E-state index in [1.807, 2.05) is 18.2 Å². The predicted octanol–water partition coefficient (Wildman–Crippen LogP) is 11.5. The lowest BCUT2D eigenvalue weighted by Crippen LogP contribution is -2.34. The first kappa shape index (κ1) is 40.8. The average Bonchev–Trinajstić information content (AvgIpc) is 3.26. The highest BCUT2D eigenvalue weighted by Crippen LogP contribution is 2.37. The van der Waals surface area contributed by atoms with Crippen LogP contribution in [0.25, 0.3) is 22.3 Å². The molecule has 6 aromatic carbocycles. The lowest BCUT2D eigenvalue weighted by atomic mass is 9.88. The highest BCUT2D eigenvalue weighted by Gasteiger charge is 2.15. The number of benzene rings is 6. The van der Waals surface area contributed by atoms with Gasteiger partial charge in [-0.05, 0) is 119 Å². The molecule has 292 valence electrons. The fourth-order valence-electron chi connectivity index (χ4n) is 7.23. The first-order valence-electron chi connectivity index (χ1n) is 20.2. The van der Waals surface area contributed by atoms with Crippen LogP contribution in [0.2, 0.25) is 0 Å². The molecule has 0 saturated heterocycles. The summed E-state index contributed by atoms with van der Waals surface area (Å²) < 4.78 is 12.4. The number of ether oxygens (including phenoxy) is 2. The zero-order chi connectivity index (χ0) is 39.8. The van der Waals surface area contributed by atoms with Gasteiger partial charge in [0.2, 0.25) is 0 Å². The quantitative estimate of drug-likeness (QED) is 0.0834. The Bertz CT molecular complexity index is 2160. The molecule has 0 fully saturated rings. The fourth-order valence-corrected chi connectivity index (χ4v) is 7.23. The summed E-state index contributed by atoms with van der Waals surface area (Å²) in [7, 11) is 4.29. The number of likely N-dealkylation sites (N-methyl/N-ethyl adjacent to an activating group) is 2. The zero-order valence-electron chi connectivity index (χ0n) is 33.9. The minimum Gasteiger partial charge on any atom is -0.508 e. The Labute approximate surface area is 340 Å². The van der Waals surface area contributed by atoms with Crippen LogP contribution in [-0.4, -0.2) is 68.4 Å². The molecule has 5 nitrogen and oxygen atoms in total. The summed E-state index contributed by atoms with van der Waals surface area (Å²) in [5.41, 5.74) is 12.1. The van der Waals surface area contributed by atoms with Crippen LogP contribution in [0.1, 0.15) is 60.1 Å². The van der Waals surface area contributed by atoms with E-state index in [1.54, 1.807) is 12.1 Å². The zero-order valence-corrected chi connectivity index (χ0v) is 33.9. The van der Waals surface area contributed by atoms with E-state index in [4.69, 9.17) is 9.47 Å². The standard InChI is InChI=1S/C52H56N2O3/c1-5-49(40-16-10-7-11-17-40)51(42-20-14-9-15-21-42)44-24-30-47(31-25-44)56-38-36-53(3)34-35-54(4)37-39-57-48-32-26-45(27-33-48)52(43-22-28-46(55)29-23-43)50(6-2)41-18-12-8-13-19-41/h7-33,55H,5-6,34-39H2,1-4H3/b51-49-,52-50-. The second-order valence-corrected chi connectivity index (χ2v) is 14.4. The van der Waals surface area contributed by atoms with E-state index in [2.05, 4.69) is 171 Å². The lowest BCUT2D eigenvalue weighted by Gasteiger charge is -2.22. The van der Waals surface area contributed by atoms with Gasteiger partial charge in [-0.15, -0.1) is 0 Å². The highest BCUT2D eigenvalue weighted by molar-refractivity contribution is 5.99. The van der Waals surface area contributed by atoms with Crippen molar-refractivity contribution < 1.29 is 14.6 Å². The van der Waals surface area contributed by atoms with E-state index < -0.39 is 0 Å². The monoisotopic (exact) mass is 756 g/mol. The Morgan fingerprint density at radius 1 is 0.404 bits per heavy atom. The summed E-state index contributed by atoms with van der Waals surface area (Å²) in [5, 5.41) is 9.96. The minimum absolute atomic E-state index is 0.263. The maximum Gasteiger partial charge on any atom is 0.119 e. The van der Waals surface area contributed by atoms with Crippen molar-refractivity contribution in [1.29, 1.82) is 0 Å². The largest absolute Gasteiger partial charge is 0.508 e. The number of hydrogen-bond donors (Lipinski definition) is 1. The SMILES string of the molecule is CC/C(=C(\c1ccccc1)c1ccc(OCCN(C)CCN(C)CCOc2ccc(/C(=C(/CC)c3ccccc3)c3ccc(O)cc3)cc2)cc1)c1ccccc1. The molecule has 0 atom stereocenters. The average molecular weight is 757 g/mol. The number of hydrogen-bond acceptors (Lipinski definition) is 5. The highest BCUT2D eigenvalue weighted by atomic mass is 16.5. The lowest BCUT2D eigenvalue weighted by molar-refractivity contribution is 0.195. The summed E-state index contributed by atoms with van der Waals surface area (Å²) in [4.78, 5) is 4.62. The topological polar surface area (TPSA) is 45.2 Å². The van der Waals surface area contributed by atoms with Gasteiger partial charge in [0, 0.05) is 26.2 Å². The van der Waals surface area contributed by atoms with E-state index in [-0.39, 0.29) is 5.75 Å². The van der Waals surface area contributed by atoms with Gasteiger partial charge in [-0.2, -0.15) is 0 Å². The predicted molar refractivity (Wildman–Crippen MR) is 239 cm³/mol. The van der Waals surface area contributed by atoms with E-state index >= 15 is 0 Å². The molecular formula is C52H56N2O3. The van der Waals surface area contributed by atoms with Crippen LogP contribution >= 0.6 is 0 Å². The number of rotatable bonds is 19. The Hall–Kier alpha value is -5.88. The Kier molecular flexibility index (Phi) is 14.9. The molecule has 0 unspecified atom stereocenters. The van der Waals surface area contributed by atoms with Crippen molar-refractivity contribution in [1.82, 2.24) is 9.80 Å². The van der Waals surface area contributed by atoms with Crippen LogP contribution in [0.3, 0.4) is 0 Å². The molecule has 5 heteroatoms. The number of allylic oxidation sites excluding steroid dienone is 2. The van der Waals surface area contributed by atoms with Crippen LogP contribution in [-0.2, 0) is 0 Å². The molecule has 0 aliphatic rings. The molecule has 0 amide bonds. The fraction of sp³-hybridized carbons (Fsp3) is 0.231. The van der Waals surface area contributed by atoms with Gasteiger partial charge >= 0.3 is 0 Å². The van der Waals surface area contributed by atoms with Crippen LogP contribution in [0.4, 0.5) is 0 Å². The Morgan fingerprint density at radius 3 is 1.07 bits per heavy atom. The number of phenolic OH excluding ortho intramolecular Hbond substituents is 1. The summed E-state index contributed by atoms with van der Waals surface area (Å²) >= 11 is 0. The van der Waals surface area contributed by atoms with Gasteiger partial charge in [-0.1, -0.05) is 141 Å². The van der Waals surface area contributed by atoms with Crippen LogP contribution in [0.5, 0.6) is 17.2 Å². The van der Waals surface area contributed by atoms with Gasteiger partial charge in [0.1, 0.15) is 30.5 Å². The number of nitrogens with zero attached hydrogens (tertiary/aromatic N) is 2. The third-order valence-corrected chi connectivity index (χ3v) is 10.4. The molecule has 0 radical (unpaired) electrons. The maximum atomic E-state index is 9.96. The number of aromatic hydroxyl groups is 1. The van der Waals surface area contributed by atoms with Gasteiger partial charge in [0.25, 0.3) is 0 Å². The van der Waals surface area contributed by atoms with Gasteiger partial charge < -0.3 is 24.4 Å². The third-order valence-electron chi connectivity index (χ3n) is 10.4. The minimum atomic E-state index is 0.263. The molecule has 0 aromatic heterocycles.